The fourth-order valence-corrected chi connectivity index (χ4v) is 1.58. The molecular weight excluding hydrogens is 280 g/mol. The van der Waals surface area contributed by atoms with E-state index in [4.69, 9.17) is 0 Å². The first-order valence-electron chi connectivity index (χ1n) is 4.94. The van der Waals surface area contributed by atoms with Gasteiger partial charge in [-0.25, -0.2) is 8.78 Å². The highest BCUT2D eigenvalue weighted by molar-refractivity contribution is 9.09. The van der Waals surface area contributed by atoms with E-state index in [1.54, 1.807) is 0 Å². The quantitative estimate of drug-likeness (QED) is 0.656. The van der Waals surface area contributed by atoms with Gasteiger partial charge in [-0.1, -0.05) is 15.9 Å². The number of benzene rings is 1. The smallest absolute Gasteiger partial charge is 0.254 e. The average Bonchev–Trinajstić information content (AvgIpc) is 2.27. The molecule has 0 aromatic heterocycles. The number of unbranched alkanes of at least 4 members (excludes halogenated alkanes) is 1. The van der Waals surface area contributed by atoms with Crippen molar-refractivity contribution in [1.29, 1.82) is 0 Å². The first kappa shape index (κ1) is 13.1. The molecule has 0 radical (unpaired) electrons. The average molecular weight is 292 g/mol. The maximum atomic E-state index is 13.2. The van der Waals surface area contributed by atoms with Crippen LogP contribution in [0.15, 0.2) is 18.2 Å². The molecule has 0 spiro atoms. The van der Waals surface area contributed by atoms with E-state index in [2.05, 4.69) is 21.2 Å². The van der Waals surface area contributed by atoms with Crippen molar-refractivity contribution in [1.82, 2.24) is 5.32 Å². The van der Waals surface area contributed by atoms with Crippen molar-refractivity contribution in [2.24, 2.45) is 0 Å². The van der Waals surface area contributed by atoms with Gasteiger partial charge < -0.3 is 5.32 Å². The lowest BCUT2D eigenvalue weighted by Gasteiger charge is -2.05. The van der Waals surface area contributed by atoms with Gasteiger partial charge in [0.2, 0.25) is 0 Å². The predicted octanol–water partition coefficient (Wildman–Crippen LogP) is 2.87. The van der Waals surface area contributed by atoms with Crippen LogP contribution in [0.1, 0.15) is 23.2 Å². The van der Waals surface area contributed by atoms with Crippen LogP contribution in [-0.2, 0) is 0 Å². The topological polar surface area (TPSA) is 29.1 Å². The Morgan fingerprint density at radius 2 is 2.06 bits per heavy atom. The summed E-state index contributed by atoms with van der Waals surface area (Å²) < 4.78 is 26.0. The third-order valence-electron chi connectivity index (χ3n) is 2.02. The summed E-state index contributed by atoms with van der Waals surface area (Å²) in [6, 6.07) is 2.83. The molecule has 0 aliphatic carbocycles. The predicted molar refractivity (Wildman–Crippen MR) is 61.7 cm³/mol. The van der Waals surface area contributed by atoms with Gasteiger partial charge in [0.15, 0.2) is 0 Å². The molecule has 0 atom stereocenters. The standard InChI is InChI=1S/C11H12BrF2NO/c12-5-1-2-6-15-11(16)9-7-8(13)3-4-10(9)14/h3-4,7H,1-2,5-6H2,(H,15,16). The van der Waals surface area contributed by atoms with Gasteiger partial charge in [-0.15, -0.1) is 0 Å². The van der Waals surface area contributed by atoms with Crippen LogP contribution in [0.2, 0.25) is 0 Å². The SMILES string of the molecule is O=C(NCCCCBr)c1cc(F)ccc1F. The minimum Gasteiger partial charge on any atom is -0.352 e. The highest BCUT2D eigenvalue weighted by atomic mass is 79.9. The summed E-state index contributed by atoms with van der Waals surface area (Å²) in [5, 5.41) is 3.39. The molecule has 0 saturated heterocycles. The molecule has 0 heterocycles. The minimum atomic E-state index is -0.709. The number of amides is 1. The van der Waals surface area contributed by atoms with Crippen LogP contribution in [0.25, 0.3) is 0 Å². The Labute approximate surface area is 101 Å². The second-order valence-corrected chi connectivity index (χ2v) is 4.07. The number of hydrogen-bond donors (Lipinski definition) is 1. The fourth-order valence-electron chi connectivity index (χ4n) is 1.19. The zero-order valence-electron chi connectivity index (χ0n) is 8.60. The van der Waals surface area contributed by atoms with E-state index >= 15 is 0 Å². The first-order valence-corrected chi connectivity index (χ1v) is 6.06. The molecule has 88 valence electrons. The molecule has 0 bridgehead atoms. The van der Waals surface area contributed by atoms with Crippen LogP contribution < -0.4 is 5.32 Å². The van der Waals surface area contributed by atoms with E-state index in [1.807, 2.05) is 0 Å². The number of rotatable bonds is 5. The van der Waals surface area contributed by atoms with Crippen LogP contribution >= 0.6 is 15.9 Å². The Morgan fingerprint density at radius 3 is 2.75 bits per heavy atom. The monoisotopic (exact) mass is 291 g/mol. The van der Waals surface area contributed by atoms with E-state index in [1.165, 1.54) is 0 Å². The molecule has 0 aliphatic rings. The molecule has 0 saturated carbocycles. The lowest BCUT2D eigenvalue weighted by Crippen LogP contribution is -2.25. The minimum absolute atomic E-state index is 0.251. The van der Waals surface area contributed by atoms with Gasteiger partial charge in [0.25, 0.3) is 5.91 Å². The van der Waals surface area contributed by atoms with Crippen molar-refractivity contribution >= 4 is 21.8 Å². The summed E-state index contributed by atoms with van der Waals surface area (Å²) in [6.45, 7) is 0.459. The molecule has 0 aliphatic heterocycles. The second kappa shape index (κ2) is 6.58. The van der Waals surface area contributed by atoms with Crippen LogP contribution in [-0.4, -0.2) is 17.8 Å². The van der Waals surface area contributed by atoms with Gasteiger partial charge in [-0.3, -0.25) is 4.79 Å². The molecule has 1 aromatic rings. The third-order valence-corrected chi connectivity index (χ3v) is 2.58. The molecule has 2 nitrogen and oxygen atoms in total. The summed E-state index contributed by atoms with van der Waals surface area (Å²) in [7, 11) is 0. The van der Waals surface area contributed by atoms with E-state index in [0.717, 1.165) is 36.4 Å². The molecule has 16 heavy (non-hydrogen) atoms. The third kappa shape index (κ3) is 3.89. The zero-order chi connectivity index (χ0) is 12.0. The lowest BCUT2D eigenvalue weighted by molar-refractivity contribution is 0.0948. The maximum Gasteiger partial charge on any atom is 0.254 e. The van der Waals surface area contributed by atoms with Gasteiger partial charge >= 0.3 is 0 Å². The van der Waals surface area contributed by atoms with Crippen molar-refractivity contribution in [2.75, 3.05) is 11.9 Å². The molecule has 0 unspecified atom stereocenters. The molecule has 1 amide bonds. The Balaban J connectivity index is 2.55. The fraction of sp³-hybridized carbons (Fsp3) is 0.364. The Kier molecular flexibility index (Phi) is 5.38. The van der Waals surface area contributed by atoms with E-state index < -0.39 is 17.5 Å². The van der Waals surface area contributed by atoms with Gasteiger partial charge in [0, 0.05) is 11.9 Å². The lowest BCUT2D eigenvalue weighted by atomic mass is 10.2. The zero-order valence-corrected chi connectivity index (χ0v) is 10.2. The number of nitrogens with one attached hydrogen (secondary N) is 1. The maximum absolute atomic E-state index is 13.2. The van der Waals surface area contributed by atoms with Crippen molar-refractivity contribution in [3.63, 3.8) is 0 Å². The van der Waals surface area contributed by atoms with Gasteiger partial charge in [-0.2, -0.15) is 0 Å². The number of hydrogen-bond acceptors (Lipinski definition) is 1. The van der Waals surface area contributed by atoms with Crippen molar-refractivity contribution in [3.05, 3.63) is 35.4 Å². The summed E-state index contributed by atoms with van der Waals surface area (Å²) >= 11 is 3.26. The van der Waals surface area contributed by atoms with Crippen molar-refractivity contribution < 1.29 is 13.6 Å². The number of carbonyl (C=O) groups is 1. The molecule has 1 rings (SSSR count). The Hall–Kier alpha value is -0.970. The van der Waals surface area contributed by atoms with Crippen LogP contribution in [0.3, 0.4) is 0 Å². The highest BCUT2D eigenvalue weighted by Crippen LogP contribution is 2.09. The molecule has 1 N–H and O–H groups in total. The van der Waals surface area contributed by atoms with E-state index in [9.17, 15) is 13.6 Å². The second-order valence-electron chi connectivity index (χ2n) is 3.28. The van der Waals surface area contributed by atoms with Gasteiger partial charge in [0.1, 0.15) is 11.6 Å². The van der Waals surface area contributed by atoms with Crippen LogP contribution in [0.4, 0.5) is 8.78 Å². The summed E-state index contributed by atoms with van der Waals surface area (Å²) in [4.78, 5) is 11.5. The van der Waals surface area contributed by atoms with E-state index in [0.29, 0.717) is 6.54 Å². The molecule has 5 heteroatoms. The van der Waals surface area contributed by atoms with Gasteiger partial charge in [-0.05, 0) is 31.0 Å². The summed E-state index contributed by atoms with van der Waals surface area (Å²) in [6.07, 6.45) is 1.72. The largest absolute Gasteiger partial charge is 0.352 e. The normalized spacial score (nSPS) is 10.2. The Morgan fingerprint density at radius 1 is 1.31 bits per heavy atom. The van der Waals surface area contributed by atoms with Gasteiger partial charge in [0.05, 0.1) is 5.56 Å². The highest BCUT2D eigenvalue weighted by Gasteiger charge is 2.11. The summed E-state index contributed by atoms with van der Waals surface area (Å²) in [5.74, 6) is -1.90. The number of alkyl halides is 1. The molecule has 1 aromatic carbocycles. The van der Waals surface area contributed by atoms with E-state index in [-0.39, 0.29) is 5.56 Å². The number of carbonyl (C=O) groups excluding carboxylic acids is 1. The van der Waals surface area contributed by atoms with Crippen LogP contribution in [0, 0.1) is 11.6 Å². The van der Waals surface area contributed by atoms with Crippen LogP contribution in [0.5, 0.6) is 0 Å². The van der Waals surface area contributed by atoms with Crippen molar-refractivity contribution in [3.8, 4) is 0 Å². The summed E-state index contributed by atoms with van der Waals surface area (Å²) in [5.41, 5.74) is -0.251. The molecule has 0 fully saturated rings. The van der Waals surface area contributed by atoms with Crippen molar-refractivity contribution in [2.45, 2.75) is 12.8 Å². The Bertz CT molecular complexity index is 371. The number of halogens is 3. The molecular formula is C11H12BrF2NO. The first-order chi connectivity index (χ1) is 7.65.